The van der Waals surface area contributed by atoms with E-state index in [0.717, 1.165) is 91.4 Å². The quantitative estimate of drug-likeness (QED) is 0.153. The maximum Gasteiger partial charge on any atom is 0.329 e. The van der Waals surface area contributed by atoms with Gasteiger partial charge in [-0.3, -0.25) is 24.0 Å². The summed E-state index contributed by atoms with van der Waals surface area (Å²) in [6, 6.07) is 23.9. The fourth-order valence-corrected chi connectivity index (χ4v) is 10.4. The van der Waals surface area contributed by atoms with Crippen molar-refractivity contribution < 1.29 is 14.3 Å². The van der Waals surface area contributed by atoms with Crippen molar-refractivity contribution in [3.05, 3.63) is 116 Å². The Kier molecular flexibility index (Phi) is 10.5. The summed E-state index contributed by atoms with van der Waals surface area (Å²) < 4.78 is 9.36. The number of hydrogen-bond acceptors (Lipinski definition) is 9. The van der Waals surface area contributed by atoms with Gasteiger partial charge in [0.1, 0.15) is 18.4 Å². The van der Waals surface area contributed by atoms with Crippen molar-refractivity contribution in [2.24, 2.45) is 12.5 Å². The molecule has 1 atom stereocenters. The van der Waals surface area contributed by atoms with Crippen LogP contribution in [0.2, 0.25) is 5.02 Å². The molecule has 0 bridgehead atoms. The Morgan fingerprint density at radius 2 is 1.67 bits per heavy atom. The number of amides is 2. The van der Waals surface area contributed by atoms with E-state index in [2.05, 4.69) is 64.3 Å². The standard InChI is InChI=1S/C47H51ClN8O4/c1-46(2,34-22-30(28-49)23-35(48)25-34)33-5-7-38(8-6-33)60-29-36-12-17-50-44(51-36)55-20-15-47(16-21-55)26-37(27-47)54-18-13-31(14-19-54)32-4-9-39-41(24-32)53(3)45(59)56(39)40-10-11-42(57)52-43(40)58/h4-9,12,17,22-25,31,37,40H,10-11,13-16,18-21,26-27,29H2,1-3H3,(H,52,57,58). The van der Waals surface area contributed by atoms with Gasteiger partial charge in [-0.05, 0) is 135 Å². The molecular weight excluding hydrogens is 776 g/mol. The number of imidazole rings is 1. The Morgan fingerprint density at radius 3 is 2.38 bits per heavy atom. The predicted octanol–water partition coefficient (Wildman–Crippen LogP) is 7.17. The molecule has 3 aromatic carbocycles. The molecular formula is C47H51ClN8O4. The van der Waals surface area contributed by atoms with Gasteiger partial charge in [-0.1, -0.05) is 43.6 Å². The van der Waals surface area contributed by atoms with Gasteiger partial charge in [-0.15, -0.1) is 0 Å². The Hall–Kier alpha value is -5.51. The van der Waals surface area contributed by atoms with Crippen molar-refractivity contribution in [3.63, 3.8) is 0 Å². The van der Waals surface area contributed by atoms with E-state index in [0.29, 0.717) is 41.0 Å². The summed E-state index contributed by atoms with van der Waals surface area (Å²) in [7, 11) is 1.76. The molecule has 2 aromatic heterocycles. The molecule has 1 saturated carbocycles. The number of aryl methyl sites for hydroxylation is 1. The van der Waals surface area contributed by atoms with E-state index in [1.165, 1.54) is 18.4 Å². The minimum Gasteiger partial charge on any atom is -0.487 e. The Balaban J connectivity index is 0.748. The number of hydrogen-bond donors (Lipinski definition) is 1. The van der Waals surface area contributed by atoms with Crippen LogP contribution in [0.25, 0.3) is 11.0 Å². The molecule has 2 amide bonds. The van der Waals surface area contributed by atoms with Crippen molar-refractivity contribution in [2.75, 3.05) is 31.1 Å². The fourth-order valence-electron chi connectivity index (χ4n) is 10.2. The van der Waals surface area contributed by atoms with Crippen LogP contribution in [0.15, 0.2) is 77.7 Å². The summed E-state index contributed by atoms with van der Waals surface area (Å²) in [5.41, 5.74) is 6.11. The van der Waals surface area contributed by atoms with Crippen molar-refractivity contribution in [2.45, 2.75) is 95.2 Å². The SMILES string of the molecule is Cn1c(=O)n(C2CCC(=O)NC2=O)c2ccc(C3CCN(C4CC5(CCN(c6nccc(COc7ccc(C(C)(C)c8cc(Cl)cc(C#N)c8)cc7)n6)CC5)C4)CC3)cc21. The van der Waals surface area contributed by atoms with Gasteiger partial charge in [0, 0.05) is 49.2 Å². The third-order valence-corrected chi connectivity index (χ3v) is 14.2. The lowest BCUT2D eigenvalue weighted by Gasteiger charge is -2.56. The lowest BCUT2D eigenvalue weighted by molar-refractivity contribution is -0.135. The van der Waals surface area contributed by atoms with E-state index < -0.39 is 11.9 Å². The summed E-state index contributed by atoms with van der Waals surface area (Å²) in [6.45, 7) is 8.65. The number of likely N-dealkylation sites (tertiary alicyclic amines) is 1. The first-order valence-electron chi connectivity index (χ1n) is 21.2. The second-order valence-corrected chi connectivity index (χ2v) is 18.3. The summed E-state index contributed by atoms with van der Waals surface area (Å²) in [5.74, 6) is 1.26. The molecule has 4 aliphatic rings. The normalized spacial score (nSPS) is 20.2. The number of carbonyl (C=O) groups excluding carboxylic acids is 2. The van der Waals surface area contributed by atoms with Gasteiger partial charge in [-0.25, -0.2) is 14.8 Å². The number of nitrogens with one attached hydrogen (secondary N) is 1. The zero-order valence-corrected chi connectivity index (χ0v) is 35.3. The van der Waals surface area contributed by atoms with Crippen molar-refractivity contribution >= 4 is 40.4 Å². The number of carbonyl (C=O) groups is 2. The molecule has 310 valence electrons. The van der Waals surface area contributed by atoms with Gasteiger partial charge in [0.2, 0.25) is 17.8 Å². The second kappa shape index (κ2) is 15.8. The third-order valence-electron chi connectivity index (χ3n) is 14.0. The van der Waals surface area contributed by atoms with E-state index in [1.54, 1.807) is 22.2 Å². The molecule has 12 nitrogen and oxygen atoms in total. The molecule has 60 heavy (non-hydrogen) atoms. The van der Waals surface area contributed by atoms with Gasteiger partial charge < -0.3 is 14.5 Å². The summed E-state index contributed by atoms with van der Waals surface area (Å²) in [5, 5.41) is 12.4. The van der Waals surface area contributed by atoms with Gasteiger partial charge >= 0.3 is 5.69 Å². The van der Waals surface area contributed by atoms with Crippen LogP contribution >= 0.6 is 11.6 Å². The average Bonchev–Trinajstić information content (AvgIpc) is 3.49. The van der Waals surface area contributed by atoms with Crippen LogP contribution in [0, 0.1) is 16.7 Å². The molecule has 5 heterocycles. The van der Waals surface area contributed by atoms with E-state index in [9.17, 15) is 19.6 Å². The molecule has 9 rings (SSSR count). The maximum absolute atomic E-state index is 13.3. The van der Waals surface area contributed by atoms with Crippen LogP contribution in [0.3, 0.4) is 0 Å². The highest BCUT2D eigenvalue weighted by Crippen LogP contribution is 2.52. The Morgan fingerprint density at radius 1 is 0.917 bits per heavy atom. The number of halogens is 1. The average molecular weight is 827 g/mol. The largest absolute Gasteiger partial charge is 0.487 e. The first-order chi connectivity index (χ1) is 28.9. The van der Waals surface area contributed by atoms with Crippen LogP contribution in [-0.2, 0) is 28.7 Å². The summed E-state index contributed by atoms with van der Waals surface area (Å²) >= 11 is 6.31. The van der Waals surface area contributed by atoms with Gasteiger partial charge in [-0.2, -0.15) is 5.26 Å². The van der Waals surface area contributed by atoms with Gasteiger partial charge in [0.25, 0.3) is 0 Å². The molecule has 1 aliphatic carbocycles. The number of benzene rings is 3. The first kappa shape index (κ1) is 39.9. The highest BCUT2D eigenvalue weighted by Gasteiger charge is 2.48. The minimum absolute atomic E-state index is 0.227. The zero-order valence-electron chi connectivity index (χ0n) is 34.5. The number of nitriles is 1. The van der Waals surface area contributed by atoms with Crippen molar-refractivity contribution in [3.8, 4) is 11.8 Å². The lowest BCUT2D eigenvalue weighted by atomic mass is 9.59. The van der Waals surface area contributed by atoms with Crippen molar-refractivity contribution in [1.82, 2.24) is 29.3 Å². The minimum atomic E-state index is -0.671. The Bertz CT molecular complexity index is 2550. The number of piperidine rings is 3. The van der Waals surface area contributed by atoms with Crippen LogP contribution in [-0.4, -0.2) is 68.0 Å². The number of aromatic nitrogens is 4. The maximum atomic E-state index is 13.3. The van der Waals surface area contributed by atoms with E-state index in [-0.39, 0.29) is 23.4 Å². The van der Waals surface area contributed by atoms with Crippen LogP contribution in [0.4, 0.5) is 5.95 Å². The van der Waals surface area contributed by atoms with E-state index >= 15 is 0 Å². The number of anilines is 1. The topological polar surface area (TPSA) is 138 Å². The molecule has 13 heteroatoms. The predicted molar refractivity (Wildman–Crippen MR) is 230 cm³/mol. The number of imide groups is 1. The van der Waals surface area contributed by atoms with E-state index in [4.69, 9.17) is 21.3 Å². The number of ether oxygens (including phenoxy) is 1. The van der Waals surface area contributed by atoms with E-state index in [1.807, 2.05) is 42.6 Å². The highest BCUT2D eigenvalue weighted by atomic mass is 35.5. The molecule has 1 N–H and O–H groups in total. The van der Waals surface area contributed by atoms with Gasteiger partial charge in [0.05, 0.1) is 28.4 Å². The second-order valence-electron chi connectivity index (χ2n) is 17.9. The van der Waals surface area contributed by atoms with Crippen molar-refractivity contribution in [1.29, 1.82) is 5.26 Å². The summed E-state index contributed by atoms with van der Waals surface area (Å²) in [6.07, 6.45) is 9.36. The Labute approximate surface area is 355 Å². The molecule has 5 aromatic rings. The van der Waals surface area contributed by atoms with Crippen LogP contribution in [0.1, 0.15) is 105 Å². The monoisotopic (exact) mass is 826 g/mol. The highest BCUT2D eigenvalue weighted by molar-refractivity contribution is 6.30. The smallest absolute Gasteiger partial charge is 0.329 e. The first-order valence-corrected chi connectivity index (χ1v) is 21.6. The molecule has 0 radical (unpaired) electrons. The third kappa shape index (κ3) is 7.58. The van der Waals surface area contributed by atoms with Crippen LogP contribution in [0.5, 0.6) is 5.75 Å². The molecule has 4 fully saturated rings. The number of nitrogens with zero attached hydrogens (tertiary/aromatic N) is 7. The number of fused-ring (bicyclic) bond motifs is 1. The fraction of sp³-hybridized carbons (Fsp3) is 0.447. The zero-order chi connectivity index (χ0) is 41.8. The molecule has 3 aliphatic heterocycles. The molecule has 3 saturated heterocycles. The van der Waals surface area contributed by atoms with Gasteiger partial charge in [0.15, 0.2) is 0 Å². The lowest BCUT2D eigenvalue weighted by Crippen LogP contribution is -2.56. The number of rotatable bonds is 9. The molecule has 1 unspecified atom stereocenters. The summed E-state index contributed by atoms with van der Waals surface area (Å²) in [4.78, 5) is 52.2. The molecule has 1 spiro atoms. The van der Waals surface area contributed by atoms with Crippen LogP contribution < -0.4 is 20.6 Å².